The third-order valence-corrected chi connectivity index (χ3v) is 2.87. The number of aliphatic hydroxyl groups is 1. The van der Waals surface area contributed by atoms with Crippen molar-refractivity contribution in [2.24, 2.45) is 0 Å². The van der Waals surface area contributed by atoms with Crippen LogP contribution in [0.2, 0.25) is 0 Å². The summed E-state index contributed by atoms with van der Waals surface area (Å²) in [6.07, 6.45) is 2.87. The largest absolute Gasteiger partial charge is 0.391 e. The Labute approximate surface area is 97.7 Å². The molecule has 2 aromatic rings. The Morgan fingerprint density at radius 3 is 2.71 bits per heavy atom. The maximum Gasteiger partial charge on any atom is 0.229 e. The molecular formula is C12H11N3O2. The SMILES string of the molecule is O=C1CC(O)CN1c1ccc2nccnc2c1. The summed E-state index contributed by atoms with van der Waals surface area (Å²) in [5.74, 6) is -0.0549. The van der Waals surface area contributed by atoms with Crippen LogP contribution in [-0.4, -0.2) is 33.6 Å². The van der Waals surface area contributed by atoms with Crippen LogP contribution in [0.1, 0.15) is 6.42 Å². The van der Waals surface area contributed by atoms with Crippen molar-refractivity contribution in [1.29, 1.82) is 0 Å². The lowest BCUT2D eigenvalue weighted by Crippen LogP contribution is -2.25. The highest BCUT2D eigenvalue weighted by atomic mass is 16.3. The van der Waals surface area contributed by atoms with E-state index in [4.69, 9.17) is 0 Å². The van der Waals surface area contributed by atoms with E-state index in [0.29, 0.717) is 6.54 Å². The van der Waals surface area contributed by atoms with Crippen LogP contribution in [0.15, 0.2) is 30.6 Å². The first kappa shape index (κ1) is 10.2. The van der Waals surface area contributed by atoms with Gasteiger partial charge in [-0.25, -0.2) is 0 Å². The molecule has 1 amide bonds. The molecule has 1 aromatic heterocycles. The summed E-state index contributed by atoms with van der Waals surface area (Å²) >= 11 is 0. The molecule has 1 aromatic carbocycles. The number of carbonyl (C=O) groups is 1. The van der Waals surface area contributed by atoms with E-state index in [1.165, 1.54) is 0 Å². The number of hydrogen-bond donors (Lipinski definition) is 1. The highest BCUT2D eigenvalue weighted by molar-refractivity contribution is 5.97. The van der Waals surface area contributed by atoms with Crippen LogP contribution in [0.4, 0.5) is 5.69 Å². The molecule has 2 heterocycles. The topological polar surface area (TPSA) is 66.3 Å². The predicted octanol–water partition coefficient (Wildman–Crippen LogP) is 0.727. The number of hydrogen-bond acceptors (Lipinski definition) is 4. The fourth-order valence-corrected chi connectivity index (χ4v) is 2.06. The van der Waals surface area contributed by atoms with Crippen LogP contribution in [0, 0.1) is 0 Å². The second-order valence-electron chi connectivity index (χ2n) is 4.09. The highest BCUT2D eigenvalue weighted by Gasteiger charge is 2.29. The van der Waals surface area contributed by atoms with Gasteiger partial charge in [0.25, 0.3) is 0 Å². The van der Waals surface area contributed by atoms with E-state index in [9.17, 15) is 9.90 Å². The molecule has 0 saturated carbocycles. The third kappa shape index (κ3) is 1.74. The Balaban J connectivity index is 2.03. The average molecular weight is 229 g/mol. The number of β-amino-alcohol motifs (C(OH)–C–C–N with tert-alkyl or cyclic N) is 1. The zero-order valence-corrected chi connectivity index (χ0v) is 9.08. The van der Waals surface area contributed by atoms with Gasteiger partial charge in [-0.2, -0.15) is 0 Å². The Morgan fingerprint density at radius 2 is 2.00 bits per heavy atom. The summed E-state index contributed by atoms with van der Waals surface area (Å²) in [5.41, 5.74) is 2.31. The Morgan fingerprint density at radius 1 is 1.24 bits per heavy atom. The van der Waals surface area contributed by atoms with E-state index in [1.54, 1.807) is 17.3 Å². The van der Waals surface area contributed by atoms with Crippen molar-refractivity contribution in [3.63, 3.8) is 0 Å². The van der Waals surface area contributed by atoms with Gasteiger partial charge in [0.1, 0.15) is 0 Å². The first-order chi connectivity index (χ1) is 8.24. The molecule has 17 heavy (non-hydrogen) atoms. The number of carbonyl (C=O) groups excluding carboxylic acids is 1. The molecule has 1 N–H and O–H groups in total. The molecule has 0 aliphatic carbocycles. The molecule has 86 valence electrons. The van der Waals surface area contributed by atoms with Gasteiger partial charge in [-0.05, 0) is 18.2 Å². The van der Waals surface area contributed by atoms with Crippen LogP contribution in [-0.2, 0) is 4.79 Å². The quantitative estimate of drug-likeness (QED) is 0.782. The molecule has 5 heteroatoms. The molecule has 3 rings (SSSR count). The fraction of sp³-hybridized carbons (Fsp3) is 0.250. The molecule has 1 fully saturated rings. The zero-order chi connectivity index (χ0) is 11.8. The highest BCUT2D eigenvalue weighted by Crippen LogP contribution is 2.24. The molecule has 1 atom stereocenters. The van der Waals surface area contributed by atoms with E-state index < -0.39 is 6.10 Å². The molecule has 0 spiro atoms. The summed E-state index contributed by atoms with van der Waals surface area (Å²) in [6.45, 7) is 0.352. The van der Waals surface area contributed by atoms with Crippen molar-refractivity contribution in [1.82, 2.24) is 9.97 Å². The molecule has 1 unspecified atom stereocenters. The minimum absolute atomic E-state index is 0.0549. The molecule has 1 saturated heterocycles. The van der Waals surface area contributed by atoms with E-state index in [2.05, 4.69) is 9.97 Å². The van der Waals surface area contributed by atoms with E-state index in [0.717, 1.165) is 16.7 Å². The Kier molecular flexibility index (Phi) is 2.26. The van der Waals surface area contributed by atoms with Gasteiger partial charge in [0.15, 0.2) is 0 Å². The summed E-state index contributed by atoms with van der Waals surface area (Å²) in [7, 11) is 0. The Bertz CT molecular complexity index is 585. The van der Waals surface area contributed by atoms with Crippen LogP contribution in [0.5, 0.6) is 0 Å². The summed E-state index contributed by atoms with van der Waals surface area (Å²) in [5, 5.41) is 9.45. The van der Waals surface area contributed by atoms with Gasteiger partial charge >= 0.3 is 0 Å². The van der Waals surface area contributed by atoms with Crippen molar-refractivity contribution >= 4 is 22.6 Å². The van der Waals surface area contributed by atoms with Crippen LogP contribution in [0.3, 0.4) is 0 Å². The summed E-state index contributed by atoms with van der Waals surface area (Å²) in [4.78, 5) is 21.6. The number of fused-ring (bicyclic) bond motifs is 1. The van der Waals surface area contributed by atoms with Crippen LogP contribution < -0.4 is 4.90 Å². The number of aliphatic hydroxyl groups excluding tert-OH is 1. The number of nitrogens with zero attached hydrogens (tertiary/aromatic N) is 3. The van der Waals surface area contributed by atoms with Gasteiger partial charge in [-0.1, -0.05) is 0 Å². The predicted molar refractivity (Wildman–Crippen MR) is 62.5 cm³/mol. The molecule has 1 aliphatic heterocycles. The zero-order valence-electron chi connectivity index (χ0n) is 9.08. The van der Waals surface area contributed by atoms with Crippen molar-refractivity contribution in [3.8, 4) is 0 Å². The van der Waals surface area contributed by atoms with Gasteiger partial charge in [0.05, 0.1) is 30.1 Å². The van der Waals surface area contributed by atoms with E-state index >= 15 is 0 Å². The molecule has 0 bridgehead atoms. The normalized spacial score (nSPS) is 20.2. The lowest BCUT2D eigenvalue weighted by molar-refractivity contribution is -0.117. The standard InChI is InChI=1S/C12H11N3O2/c16-9-6-12(17)15(7-9)8-1-2-10-11(5-8)14-4-3-13-10/h1-5,9,16H,6-7H2. The molecular weight excluding hydrogens is 218 g/mol. The Hall–Kier alpha value is -2.01. The lowest BCUT2D eigenvalue weighted by atomic mass is 10.2. The number of aromatic nitrogens is 2. The molecule has 5 nitrogen and oxygen atoms in total. The first-order valence-electron chi connectivity index (χ1n) is 5.43. The average Bonchev–Trinajstić information content (AvgIpc) is 2.68. The number of benzene rings is 1. The monoisotopic (exact) mass is 229 g/mol. The van der Waals surface area contributed by atoms with Gasteiger partial charge in [0.2, 0.25) is 5.91 Å². The van der Waals surface area contributed by atoms with Gasteiger partial charge in [-0.15, -0.1) is 0 Å². The smallest absolute Gasteiger partial charge is 0.229 e. The third-order valence-electron chi connectivity index (χ3n) is 2.87. The van der Waals surface area contributed by atoms with E-state index in [1.807, 2.05) is 18.2 Å². The second-order valence-corrected chi connectivity index (χ2v) is 4.09. The fourth-order valence-electron chi connectivity index (χ4n) is 2.06. The van der Waals surface area contributed by atoms with Crippen molar-refractivity contribution < 1.29 is 9.90 Å². The minimum Gasteiger partial charge on any atom is -0.391 e. The number of amides is 1. The van der Waals surface area contributed by atoms with Crippen molar-refractivity contribution in [2.45, 2.75) is 12.5 Å². The van der Waals surface area contributed by atoms with Gasteiger partial charge in [0, 0.05) is 18.1 Å². The second kappa shape index (κ2) is 3.78. The summed E-state index contributed by atoms with van der Waals surface area (Å²) < 4.78 is 0. The van der Waals surface area contributed by atoms with E-state index in [-0.39, 0.29) is 12.3 Å². The summed E-state index contributed by atoms with van der Waals surface area (Å²) in [6, 6.07) is 5.47. The lowest BCUT2D eigenvalue weighted by Gasteiger charge is -2.15. The number of anilines is 1. The van der Waals surface area contributed by atoms with Crippen LogP contribution in [0.25, 0.3) is 11.0 Å². The first-order valence-corrected chi connectivity index (χ1v) is 5.43. The van der Waals surface area contributed by atoms with Crippen molar-refractivity contribution in [2.75, 3.05) is 11.4 Å². The molecule has 1 aliphatic rings. The number of rotatable bonds is 1. The minimum atomic E-state index is -0.569. The maximum atomic E-state index is 11.7. The van der Waals surface area contributed by atoms with Crippen LogP contribution >= 0.6 is 0 Å². The van der Waals surface area contributed by atoms with Gasteiger partial charge in [-0.3, -0.25) is 14.8 Å². The maximum absolute atomic E-state index is 11.7. The van der Waals surface area contributed by atoms with Crippen molar-refractivity contribution in [3.05, 3.63) is 30.6 Å². The molecule has 0 radical (unpaired) electrons. The van der Waals surface area contributed by atoms with Gasteiger partial charge < -0.3 is 10.0 Å².